The summed E-state index contributed by atoms with van der Waals surface area (Å²) in [6.07, 6.45) is -2.17. The predicted molar refractivity (Wildman–Crippen MR) is 72.7 cm³/mol. The standard InChI is InChI=1S/C15H24O3/c1-9(2)11-6-5-7-12(10(3)4)14(11)15(18)13(17)8-16/h5-7,9-10,13,15-18H,8H2,1-4H3. The zero-order valence-electron chi connectivity index (χ0n) is 11.6. The van der Waals surface area contributed by atoms with Gasteiger partial charge in [0, 0.05) is 0 Å². The van der Waals surface area contributed by atoms with Gasteiger partial charge >= 0.3 is 0 Å². The maximum Gasteiger partial charge on any atom is 0.108 e. The molecule has 0 radical (unpaired) electrons. The number of hydrogen-bond donors (Lipinski definition) is 3. The molecule has 2 unspecified atom stereocenters. The van der Waals surface area contributed by atoms with Gasteiger partial charge in [-0.2, -0.15) is 0 Å². The summed E-state index contributed by atoms with van der Waals surface area (Å²) in [5.74, 6) is 0.526. The average Bonchev–Trinajstić information content (AvgIpc) is 2.35. The molecule has 0 aliphatic heterocycles. The molecule has 0 saturated carbocycles. The van der Waals surface area contributed by atoms with Gasteiger partial charge in [0.15, 0.2) is 0 Å². The van der Waals surface area contributed by atoms with Crippen molar-refractivity contribution in [3.63, 3.8) is 0 Å². The van der Waals surface area contributed by atoms with E-state index in [2.05, 4.69) is 27.7 Å². The molecule has 1 aromatic carbocycles. The molecule has 0 aliphatic rings. The maximum absolute atomic E-state index is 10.2. The molecule has 18 heavy (non-hydrogen) atoms. The van der Waals surface area contributed by atoms with Gasteiger partial charge in [0.1, 0.15) is 12.2 Å². The normalized spacial score (nSPS) is 15.2. The second kappa shape index (κ2) is 6.32. The first-order valence-corrected chi connectivity index (χ1v) is 6.49. The minimum atomic E-state index is -1.14. The van der Waals surface area contributed by atoms with Crippen molar-refractivity contribution in [2.45, 2.75) is 51.7 Å². The minimum absolute atomic E-state index is 0.263. The third-order valence-corrected chi connectivity index (χ3v) is 3.26. The van der Waals surface area contributed by atoms with E-state index in [0.717, 1.165) is 16.7 Å². The van der Waals surface area contributed by atoms with Crippen LogP contribution in [0.3, 0.4) is 0 Å². The molecule has 3 N–H and O–H groups in total. The van der Waals surface area contributed by atoms with Crippen molar-refractivity contribution in [2.75, 3.05) is 6.61 Å². The molecular weight excluding hydrogens is 228 g/mol. The maximum atomic E-state index is 10.2. The van der Waals surface area contributed by atoms with Crippen LogP contribution in [0.25, 0.3) is 0 Å². The first-order chi connectivity index (χ1) is 8.40. The lowest BCUT2D eigenvalue weighted by atomic mass is 9.84. The molecule has 0 heterocycles. The highest BCUT2D eigenvalue weighted by atomic mass is 16.4. The van der Waals surface area contributed by atoms with Gasteiger partial charge in [0.05, 0.1) is 6.61 Å². The fourth-order valence-electron chi connectivity index (χ4n) is 2.24. The van der Waals surface area contributed by atoms with Crippen LogP contribution >= 0.6 is 0 Å². The number of hydrogen-bond acceptors (Lipinski definition) is 3. The van der Waals surface area contributed by atoms with Crippen LogP contribution in [-0.4, -0.2) is 28.0 Å². The van der Waals surface area contributed by atoms with Gasteiger partial charge in [-0.25, -0.2) is 0 Å². The highest BCUT2D eigenvalue weighted by molar-refractivity contribution is 5.41. The van der Waals surface area contributed by atoms with Gasteiger partial charge in [0.25, 0.3) is 0 Å². The van der Waals surface area contributed by atoms with E-state index in [9.17, 15) is 10.2 Å². The summed E-state index contributed by atoms with van der Waals surface area (Å²) >= 11 is 0. The van der Waals surface area contributed by atoms with Crippen LogP contribution < -0.4 is 0 Å². The number of rotatable bonds is 5. The zero-order chi connectivity index (χ0) is 13.9. The number of benzene rings is 1. The molecule has 0 fully saturated rings. The van der Waals surface area contributed by atoms with E-state index in [1.807, 2.05) is 18.2 Å². The average molecular weight is 252 g/mol. The highest BCUT2D eigenvalue weighted by Crippen LogP contribution is 2.33. The number of aliphatic hydroxyl groups is 3. The van der Waals surface area contributed by atoms with Crippen LogP contribution in [0, 0.1) is 0 Å². The van der Waals surface area contributed by atoms with E-state index < -0.39 is 18.8 Å². The van der Waals surface area contributed by atoms with Crippen molar-refractivity contribution in [3.05, 3.63) is 34.9 Å². The third-order valence-electron chi connectivity index (χ3n) is 3.26. The lowest BCUT2D eigenvalue weighted by Crippen LogP contribution is -2.24. The quantitative estimate of drug-likeness (QED) is 0.753. The Bertz CT molecular complexity index is 359. The smallest absolute Gasteiger partial charge is 0.108 e. The fourth-order valence-corrected chi connectivity index (χ4v) is 2.24. The summed E-state index contributed by atoms with van der Waals surface area (Å²) in [5, 5.41) is 28.9. The van der Waals surface area contributed by atoms with Crippen molar-refractivity contribution in [3.8, 4) is 0 Å². The van der Waals surface area contributed by atoms with E-state index >= 15 is 0 Å². The van der Waals surface area contributed by atoms with Crippen LogP contribution in [0.2, 0.25) is 0 Å². The van der Waals surface area contributed by atoms with Crippen LogP contribution in [0.5, 0.6) is 0 Å². The Balaban J connectivity index is 3.35. The molecule has 2 atom stereocenters. The van der Waals surface area contributed by atoms with Crippen molar-refractivity contribution in [2.24, 2.45) is 0 Å². The van der Waals surface area contributed by atoms with Crippen LogP contribution in [0.4, 0.5) is 0 Å². The Morgan fingerprint density at radius 1 is 0.944 bits per heavy atom. The Morgan fingerprint density at radius 3 is 1.72 bits per heavy atom. The van der Waals surface area contributed by atoms with E-state index in [1.54, 1.807) is 0 Å². The van der Waals surface area contributed by atoms with Gasteiger partial charge in [-0.15, -0.1) is 0 Å². The zero-order valence-corrected chi connectivity index (χ0v) is 11.6. The SMILES string of the molecule is CC(C)c1cccc(C(C)C)c1C(O)C(O)CO. The molecule has 0 saturated heterocycles. The molecule has 0 spiro atoms. The number of aliphatic hydroxyl groups excluding tert-OH is 3. The Hall–Kier alpha value is -0.900. The van der Waals surface area contributed by atoms with Crippen LogP contribution in [0.1, 0.15) is 62.3 Å². The highest BCUT2D eigenvalue weighted by Gasteiger charge is 2.25. The van der Waals surface area contributed by atoms with Gasteiger partial charge in [-0.05, 0) is 28.5 Å². The molecule has 0 amide bonds. The molecule has 3 heteroatoms. The summed E-state index contributed by atoms with van der Waals surface area (Å²) in [6.45, 7) is 7.79. The fraction of sp³-hybridized carbons (Fsp3) is 0.600. The first-order valence-electron chi connectivity index (χ1n) is 6.49. The second-order valence-electron chi connectivity index (χ2n) is 5.35. The van der Waals surface area contributed by atoms with Gasteiger partial charge in [-0.3, -0.25) is 0 Å². The van der Waals surface area contributed by atoms with Gasteiger partial charge < -0.3 is 15.3 Å². The van der Waals surface area contributed by atoms with Gasteiger partial charge in [0.2, 0.25) is 0 Å². The molecule has 0 aromatic heterocycles. The molecule has 102 valence electrons. The summed E-state index contributed by atoms with van der Waals surface area (Å²) < 4.78 is 0. The van der Waals surface area contributed by atoms with E-state index in [0.29, 0.717) is 0 Å². The summed E-state index contributed by atoms with van der Waals surface area (Å²) in [6, 6.07) is 5.92. The Morgan fingerprint density at radius 2 is 1.39 bits per heavy atom. The van der Waals surface area contributed by atoms with Gasteiger partial charge in [-0.1, -0.05) is 45.9 Å². The molecule has 1 rings (SSSR count). The van der Waals surface area contributed by atoms with E-state index in [1.165, 1.54) is 0 Å². The van der Waals surface area contributed by atoms with Crippen molar-refractivity contribution < 1.29 is 15.3 Å². The van der Waals surface area contributed by atoms with Crippen molar-refractivity contribution >= 4 is 0 Å². The Kier molecular flexibility index (Phi) is 5.32. The molecule has 1 aromatic rings. The van der Waals surface area contributed by atoms with Crippen LogP contribution in [-0.2, 0) is 0 Å². The lowest BCUT2D eigenvalue weighted by Gasteiger charge is -2.25. The van der Waals surface area contributed by atoms with Crippen molar-refractivity contribution in [1.29, 1.82) is 0 Å². The summed E-state index contributed by atoms with van der Waals surface area (Å²) in [7, 11) is 0. The third kappa shape index (κ3) is 3.10. The van der Waals surface area contributed by atoms with E-state index in [4.69, 9.17) is 5.11 Å². The largest absolute Gasteiger partial charge is 0.394 e. The summed E-state index contributed by atoms with van der Waals surface area (Å²) in [5.41, 5.74) is 2.83. The summed E-state index contributed by atoms with van der Waals surface area (Å²) in [4.78, 5) is 0. The predicted octanol–water partition coefficient (Wildman–Crippen LogP) is 2.32. The molecule has 3 nitrogen and oxygen atoms in total. The molecular formula is C15H24O3. The molecule has 0 bridgehead atoms. The topological polar surface area (TPSA) is 60.7 Å². The monoisotopic (exact) mass is 252 g/mol. The first kappa shape index (κ1) is 15.2. The second-order valence-corrected chi connectivity index (χ2v) is 5.35. The van der Waals surface area contributed by atoms with Crippen LogP contribution in [0.15, 0.2) is 18.2 Å². The lowest BCUT2D eigenvalue weighted by molar-refractivity contribution is -0.0162. The van der Waals surface area contributed by atoms with E-state index in [-0.39, 0.29) is 11.8 Å². The minimum Gasteiger partial charge on any atom is -0.394 e. The van der Waals surface area contributed by atoms with Crippen molar-refractivity contribution in [1.82, 2.24) is 0 Å². The Labute approximate surface area is 109 Å². The molecule has 0 aliphatic carbocycles.